The number of amides is 1. The first-order valence-corrected chi connectivity index (χ1v) is 11.4. The molecule has 2 heterocycles. The van der Waals surface area contributed by atoms with Crippen molar-refractivity contribution >= 4 is 28.7 Å². The number of benzene rings is 1. The Hall–Kier alpha value is -3.72. The fraction of sp³-hybridized carbons (Fsp3) is 0.333. The van der Waals surface area contributed by atoms with E-state index in [1.165, 1.54) is 11.1 Å². The van der Waals surface area contributed by atoms with Crippen molar-refractivity contribution in [3.63, 3.8) is 0 Å². The predicted molar refractivity (Wildman–Crippen MR) is 134 cm³/mol. The number of pyridine rings is 1. The van der Waals surface area contributed by atoms with Crippen molar-refractivity contribution in [1.29, 1.82) is 0 Å². The molecule has 168 valence electrons. The summed E-state index contributed by atoms with van der Waals surface area (Å²) in [6, 6.07) is 12.1. The standard InChI is InChI=1S/C27H29N5O/c1-27(2)14-11-20(12-15-27)21-18-19(13-17-30-25-6-4-5-16-29-25)7-8-22(21)32-26(33)23-9-10-24(28-3)31-23/h4-8,10-11,16,18H,9,12-15,17H2,1-2H3,(H,29,30)(H,32,33). The maximum Gasteiger partial charge on any atom is 0.293 e. The van der Waals surface area contributed by atoms with Gasteiger partial charge in [0.05, 0.1) is 0 Å². The average molecular weight is 440 g/mol. The molecule has 0 fully saturated rings. The van der Waals surface area contributed by atoms with Gasteiger partial charge in [0.25, 0.3) is 11.7 Å². The van der Waals surface area contributed by atoms with E-state index in [0.29, 0.717) is 17.5 Å². The third-order valence-electron chi connectivity index (χ3n) is 6.14. The largest absolute Gasteiger partial charge is 0.370 e. The minimum atomic E-state index is -0.243. The van der Waals surface area contributed by atoms with Gasteiger partial charge in [-0.2, -0.15) is 0 Å². The molecule has 2 aromatic rings. The molecule has 0 spiro atoms. The van der Waals surface area contributed by atoms with Crippen LogP contribution in [0.4, 0.5) is 11.5 Å². The number of anilines is 2. The molecule has 0 saturated carbocycles. The van der Waals surface area contributed by atoms with Crippen molar-refractivity contribution in [2.45, 2.75) is 46.0 Å². The van der Waals surface area contributed by atoms with E-state index in [1.807, 2.05) is 24.3 Å². The van der Waals surface area contributed by atoms with Gasteiger partial charge in [0.2, 0.25) is 0 Å². The molecule has 1 aliphatic carbocycles. The van der Waals surface area contributed by atoms with Crippen LogP contribution >= 0.6 is 0 Å². The quantitative estimate of drug-likeness (QED) is 0.530. The molecule has 0 saturated heterocycles. The lowest BCUT2D eigenvalue weighted by molar-refractivity contribution is -0.110. The van der Waals surface area contributed by atoms with Crippen molar-refractivity contribution < 1.29 is 4.79 Å². The maximum atomic E-state index is 12.8. The van der Waals surface area contributed by atoms with Gasteiger partial charge in [-0.25, -0.2) is 4.98 Å². The summed E-state index contributed by atoms with van der Waals surface area (Å²) in [6.07, 6.45) is 10.1. The smallest absolute Gasteiger partial charge is 0.293 e. The fourth-order valence-electron chi connectivity index (χ4n) is 4.07. The first-order chi connectivity index (χ1) is 15.9. The van der Waals surface area contributed by atoms with E-state index >= 15 is 0 Å². The van der Waals surface area contributed by atoms with Gasteiger partial charge >= 0.3 is 0 Å². The van der Waals surface area contributed by atoms with Gasteiger partial charge in [-0.05, 0) is 66.5 Å². The molecule has 0 radical (unpaired) electrons. The first kappa shape index (κ1) is 22.5. The molecule has 1 aromatic heterocycles. The number of aliphatic imine (C=N–C) groups is 1. The zero-order valence-electron chi connectivity index (χ0n) is 19.2. The van der Waals surface area contributed by atoms with Gasteiger partial charge in [0.15, 0.2) is 5.71 Å². The normalized spacial score (nSPS) is 16.8. The minimum absolute atomic E-state index is 0.243. The van der Waals surface area contributed by atoms with Crippen molar-refractivity contribution in [1.82, 2.24) is 4.98 Å². The number of hydrogen-bond donors (Lipinski definition) is 2. The van der Waals surface area contributed by atoms with Crippen LogP contribution in [0.5, 0.6) is 0 Å². The summed E-state index contributed by atoms with van der Waals surface area (Å²) in [4.78, 5) is 24.6. The Morgan fingerprint density at radius 2 is 2.09 bits per heavy atom. The molecule has 6 nitrogen and oxygen atoms in total. The van der Waals surface area contributed by atoms with Crippen LogP contribution in [0.2, 0.25) is 0 Å². The summed E-state index contributed by atoms with van der Waals surface area (Å²) in [5.74, 6) is 0.907. The van der Waals surface area contributed by atoms with Gasteiger partial charge in [0.1, 0.15) is 5.82 Å². The average Bonchev–Trinajstić information content (AvgIpc) is 3.30. The van der Waals surface area contributed by atoms with E-state index < -0.39 is 0 Å². The van der Waals surface area contributed by atoms with Gasteiger partial charge in [-0.15, -0.1) is 4.99 Å². The molecule has 0 bridgehead atoms. The van der Waals surface area contributed by atoms with E-state index in [4.69, 9.17) is 6.57 Å². The van der Waals surface area contributed by atoms with E-state index in [-0.39, 0.29) is 11.7 Å². The number of nitrogens with zero attached hydrogens (tertiary/aromatic N) is 3. The first-order valence-electron chi connectivity index (χ1n) is 11.4. The van der Waals surface area contributed by atoms with Gasteiger partial charge in [-0.1, -0.05) is 44.7 Å². The van der Waals surface area contributed by atoms with E-state index in [1.54, 1.807) is 12.3 Å². The molecule has 2 aliphatic rings. The number of hydrogen-bond acceptors (Lipinski definition) is 4. The Morgan fingerprint density at radius 1 is 1.21 bits per heavy atom. The maximum absolute atomic E-state index is 12.8. The number of carbonyl (C=O) groups excluding carboxylic acids is 1. The SMILES string of the molecule is [C-]#[N+]C1=CCC(C(=O)Nc2ccc(CCNc3ccccn3)cc2C2=CCC(C)(C)CC2)=N1. The third kappa shape index (κ3) is 5.75. The fourth-order valence-corrected chi connectivity index (χ4v) is 4.07. The van der Waals surface area contributed by atoms with Gasteiger partial charge in [-0.3, -0.25) is 4.79 Å². The number of rotatable bonds is 7. The lowest BCUT2D eigenvalue weighted by atomic mass is 9.76. The lowest BCUT2D eigenvalue weighted by Gasteiger charge is -2.29. The second kappa shape index (κ2) is 9.83. The number of aromatic nitrogens is 1. The minimum Gasteiger partial charge on any atom is -0.370 e. The third-order valence-corrected chi connectivity index (χ3v) is 6.14. The highest BCUT2D eigenvalue weighted by atomic mass is 16.1. The van der Waals surface area contributed by atoms with Gasteiger partial charge < -0.3 is 15.5 Å². The van der Waals surface area contributed by atoms with E-state index in [0.717, 1.165) is 49.3 Å². The Kier molecular flexibility index (Phi) is 6.69. The van der Waals surface area contributed by atoms with Crippen LogP contribution in [0, 0.1) is 12.0 Å². The summed E-state index contributed by atoms with van der Waals surface area (Å²) in [6.45, 7) is 12.5. The molecule has 4 rings (SSSR count). The second-order valence-corrected chi connectivity index (χ2v) is 9.26. The zero-order valence-corrected chi connectivity index (χ0v) is 19.2. The molecule has 33 heavy (non-hydrogen) atoms. The van der Waals surface area contributed by atoms with Gasteiger partial charge in [0, 0.05) is 30.4 Å². The zero-order chi connectivity index (χ0) is 23.3. The number of carbonyl (C=O) groups is 1. The van der Waals surface area contributed by atoms with Crippen molar-refractivity contribution in [3.05, 3.63) is 83.1 Å². The summed E-state index contributed by atoms with van der Waals surface area (Å²) in [5, 5.41) is 6.41. The second-order valence-electron chi connectivity index (χ2n) is 9.26. The highest BCUT2D eigenvalue weighted by Gasteiger charge is 2.25. The molecule has 0 unspecified atom stereocenters. The van der Waals surface area contributed by atoms with Crippen LogP contribution in [-0.2, 0) is 11.2 Å². The van der Waals surface area contributed by atoms with Crippen LogP contribution in [-0.4, -0.2) is 23.1 Å². The Labute approximate surface area is 195 Å². The highest BCUT2D eigenvalue weighted by molar-refractivity contribution is 6.44. The van der Waals surface area contributed by atoms with Crippen molar-refractivity contribution in [2.75, 3.05) is 17.2 Å². The molecule has 1 aromatic carbocycles. The molecular formula is C27H29N5O. The summed E-state index contributed by atoms with van der Waals surface area (Å²) < 4.78 is 0. The van der Waals surface area contributed by atoms with Crippen LogP contribution in [0.3, 0.4) is 0 Å². The summed E-state index contributed by atoms with van der Waals surface area (Å²) in [7, 11) is 0. The Bertz CT molecular complexity index is 1170. The number of allylic oxidation sites excluding steroid dienone is 3. The van der Waals surface area contributed by atoms with Crippen LogP contribution in [0.25, 0.3) is 10.4 Å². The highest BCUT2D eigenvalue weighted by Crippen LogP contribution is 2.40. The predicted octanol–water partition coefficient (Wildman–Crippen LogP) is 5.87. The van der Waals surface area contributed by atoms with Crippen molar-refractivity contribution in [3.8, 4) is 0 Å². The molecule has 2 N–H and O–H groups in total. The Morgan fingerprint density at radius 3 is 2.79 bits per heavy atom. The van der Waals surface area contributed by atoms with Crippen LogP contribution < -0.4 is 10.6 Å². The topological polar surface area (TPSA) is 70.7 Å². The van der Waals surface area contributed by atoms with E-state index in [9.17, 15) is 4.79 Å². The van der Waals surface area contributed by atoms with Crippen molar-refractivity contribution in [2.24, 2.45) is 10.4 Å². The molecule has 0 atom stereocenters. The van der Waals surface area contributed by atoms with E-state index in [2.05, 4.69) is 57.5 Å². The Balaban J connectivity index is 1.53. The number of nitrogens with one attached hydrogen (secondary N) is 2. The molecule has 1 aliphatic heterocycles. The molecular weight excluding hydrogens is 410 g/mol. The summed E-state index contributed by atoms with van der Waals surface area (Å²) >= 11 is 0. The molecule has 1 amide bonds. The lowest BCUT2D eigenvalue weighted by Crippen LogP contribution is -2.22. The summed E-state index contributed by atoms with van der Waals surface area (Å²) in [5.41, 5.74) is 5.04. The van der Waals surface area contributed by atoms with Crippen LogP contribution in [0.1, 0.15) is 50.7 Å². The molecule has 6 heteroatoms. The monoisotopic (exact) mass is 439 g/mol. The van der Waals surface area contributed by atoms with Crippen LogP contribution in [0.15, 0.2) is 65.6 Å².